The van der Waals surface area contributed by atoms with Gasteiger partial charge in [-0.1, -0.05) is 80.6 Å². The maximum absolute atomic E-state index is 13.8. The van der Waals surface area contributed by atoms with E-state index in [-0.39, 0.29) is 37.9 Å². The number of hydrogen-bond donors (Lipinski definition) is 3. The number of carbonyl (C=O) groups is 5. The van der Waals surface area contributed by atoms with E-state index in [0.717, 1.165) is 11.1 Å². The first kappa shape index (κ1) is 35.6. The third-order valence-corrected chi connectivity index (χ3v) is 7.16. The van der Waals surface area contributed by atoms with Crippen LogP contribution in [-0.4, -0.2) is 66.1 Å². The minimum absolute atomic E-state index is 0.0474. The Morgan fingerprint density at radius 1 is 0.957 bits per heavy atom. The molecule has 0 aliphatic carbocycles. The molecule has 3 aromatic carbocycles. The van der Waals surface area contributed by atoms with Crippen LogP contribution < -0.4 is 15.5 Å². The fourth-order valence-corrected chi connectivity index (χ4v) is 4.57. The number of Topliss-reactive ketones (excluding diaryl/α,β-unsaturated/α-hetero) is 1. The Morgan fingerprint density at radius 3 is 2.17 bits per heavy atom. The Bertz CT molecular complexity index is 1460. The number of ether oxygens (including phenoxy) is 2. The largest absolute Gasteiger partial charge is 0.433 e. The van der Waals surface area contributed by atoms with Crippen LogP contribution in [-0.2, 0) is 35.3 Å². The quantitative estimate of drug-likeness (QED) is 0.243. The van der Waals surface area contributed by atoms with Crippen LogP contribution in [0, 0.1) is 6.92 Å². The van der Waals surface area contributed by atoms with Crippen LogP contribution in [0.4, 0.5) is 5.69 Å². The summed E-state index contributed by atoms with van der Waals surface area (Å²) < 4.78 is 11.1. The van der Waals surface area contributed by atoms with E-state index >= 15 is 0 Å². The van der Waals surface area contributed by atoms with E-state index < -0.39 is 36.2 Å². The number of aryl methyl sites for hydroxylation is 1. The minimum Gasteiger partial charge on any atom is -0.433 e. The van der Waals surface area contributed by atoms with Crippen LogP contribution in [0.3, 0.4) is 0 Å². The number of nitrogens with zero attached hydrogens (tertiary/aromatic N) is 1. The van der Waals surface area contributed by atoms with Crippen molar-refractivity contribution in [2.75, 3.05) is 18.1 Å². The average Bonchev–Trinajstić information content (AvgIpc) is 3.43. The summed E-state index contributed by atoms with van der Waals surface area (Å²) in [5.41, 5.74) is 2.67. The van der Waals surface area contributed by atoms with Crippen molar-refractivity contribution in [2.45, 2.75) is 65.0 Å². The SMILES string of the molecule is CCC(=O)CO.CCC(NC(=O)c1ccccc1)C(=O)N(CC(=O)NC1CC(=O)OC1OCc1ccccc1)c1ccccc1C. The van der Waals surface area contributed by atoms with Gasteiger partial charge < -0.3 is 30.1 Å². The van der Waals surface area contributed by atoms with Gasteiger partial charge in [-0.2, -0.15) is 0 Å². The number of ketones is 1. The molecule has 244 valence electrons. The number of amides is 3. The zero-order valence-corrected chi connectivity index (χ0v) is 26.3. The van der Waals surface area contributed by atoms with E-state index in [0.29, 0.717) is 24.1 Å². The standard InChI is InChI=1S/C31H33N3O6.C4H8O2/c1-3-24(33-29(37)23-15-8-5-9-16-23)30(38)34(26-17-11-10-12-21(26)2)19-27(35)32-25-18-28(36)40-31(25)39-20-22-13-6-4-7-14-22;1-2-4(6)3-5/h4-17,24-25,31H,3,18-20H2,1-2H3,(H,32,35)(H,33,37);5H,2-3H2,1H3. The molecule has 0 spiro atoms. The highest BCUT2D eigenvalue weighted by Crippen LogP contribution is 2.22. The molecule has 4 rings (SSSR count). The average molecular weight is 632 g/mol. The third kappa shape index (κ3) is 10.6. The topological polar surface area (TPSA) is 151 Å². The molecule has 3 atom stereocenters. The van der Waals surface area contributed by atoms with Crippen molar-refractivity contribution in [1.29, 1.82) is 0 Å². The predicted molar refractivity (Wildman–Crippen MR) is 172 cm³/mol. The van der Waals surface area contributed by atoms with Gasteiger partial charge in [-0.05, 0) is 42.7 Å². The third-order valence-electron chi connectivity index (χ3n) is 7.16. The molecular formula is C35H41N3O8. The van der Waals surface area contributed by atoms with Crippen LogP contribution in [0.25, 0.3) is 0 Å². The van der Waals surface area contributed by atoms with Gasteiger partial charge in [0.15, 0.2) is 5.78 Å². The maximum Gasteiger partial charge on any atom is 0.310 e. The molecule has 1 aliphatic rings. The molecule has 0 radical (unpaired) electrons. The van der Waals surface area contributed by atoms with E-state index in [1.807, 2.05) is 49.4 Å². The molecule has 3 amide bonds. The highest BCUT2D eigenvalue weighted by Gasteiger charge is 2.37. The van der Waals surface area contributed by atoms with Gasteiger partial charge in [0, 0.05) is 17.7 Å². The monoisotopic (exact) mass is 631 g/mol. The number of hydrogen-bond acceptors (Lipinski definition) is 8. The minimum atomic E-state index is -0.951. The number of aliphatic hydroxyl groups is 1. The van der Waals surface area contributed by atoms with E-state index in [1.54, 1.807) is 56.3 Å². The molecule has 0 bridgehead atoms. The van der Waals surface area contributed by atoms with E-state index in [4.69, 9.17) is 14.6 Å². The molecule has 1 heterocycles. The van der Waals surface area contributed by atoms with Crippen molar-refractivity contribution < 1.29 is 38.6 Å². The number of carbonyl (C=O) groups excluding carboxylic acids is 5. The molecular weight excluding hydrogens is 590 g/mol. The first-order valence-corrected chi connectivity index (χ1v) is 15.2. The molecule has 3 N–H and O–H groups in total. The second kappa shape index (κ2) is 18.2. The molecule has 46 heavy (non-hydrogen) atoms. The second-order valence-electron chi connectivity index (χ2n) is 10.6. The molecule has 3 aromatic rings. The number of cyclic esters (lactones) is 1. The fraction of sp³-hybridized carbons (Fsp3) is 0.343. The van der Waals surface area contributed by atoms with Crippen molar-refractivity contribution in [1.82, 2.24) is 10.6 Å². The molecule has 11 heteroatoms. The highest BCUT2D eigenvalue weighted by molar-refractivity contribution is 6.05. The molecule has 1 aliphatic heterocycles. The van der Waals surface area contributed by atoms with Crippen LogP contribution in [0.1, 0.15) is 54.6 Å². The summed E-state index contributed by atoms with van der Waals surface area (Å²) in [7, 11) is 0. The number of esters is 1. The smallest absolute Gasteiger partial charge is 0.310 e. The first-order chi connectivity index (χ1) is 22.2. The van der Waals surface area contributed by atoms with Crippen molar-refractivity contribution in [2.24, 2.45) is 0 Å². The summed E-state index contributed by atoms with van der Waals surface area (Å²) in [6.07, 6.45) is -0.236. The second-order valence-corrected chi connectivity index (χ2v) is 10.6. The number of anilines is 1. The summed E-state index contributed by atoms with van der Waals surface area (Å²) in [6, 6.07) is 23.7. The maximum atomic E-state index is 13.8. The van der Waals surface area contributed by atoms with Gasteiger partial charge in [-0.25, -0.2) is 0 Å². The van der Waals surface area contributed by atoms with Crippen molar-refractivity contribution >= 4 is 35.2 Å². The van der Waals surface area contributed by atoms with Crippen LogP contribution in [0.5, 0.6) is 0 Å². The van der Waals surface area contributed by atoms with Crippen LogP contribution >= 0.6 is 0 Å². The molecule has 0 saturated carbocycles. The molecule has 11 nitrogen and oxygen atoms in total. The normalized spacial score (nSPS) is 15.9. The van der Waals surface area contributed by atoms with E-state index in [2.05, 4.69) is 10.6 Å². The Labute approximate surface area is 268 Å². The van der Waals surface area contributed by atoms with Crippen molar-refractivity contribution in [3.63, 3.8) is 0 Å². The Balaban J connectivity index is 0.000000875. The van der Waals surface area contributed by atoms with E-state index in [9.17, 15) is 24.0 Å². The van der Waals surface area contributed by atoms with Crippen molar-refractivity contribution in [3.05, 3.63) is 102 Å². The lowest BCUT2D eigenvalue weighted by atomic mass is 10.1. The summed E-state index contributed by atoms with van der Waals surface area (Å²) >= 11 is 0. The van der Waals surface area contributed by atoms with Gasteiger partial charge in [-0.15, -0.1) is 0 Å². The fourth-order valence-electron chi connectivity index (χ4n) is 4.57. The number of rotatable bonds is 13. The van der Waals surface area contributed by atoms with Crippen LogP contribution in [0.15, 0.2) is 84.9 Å². The van der Waals surface area contributed by atoms with Crippen LogP contribution in [0.2, 0.25) is 0 Å². The van der Waals surface area contributed by atoms with E-state index in [1.165, 1.54) is 4.90 Å². The first-order valence-electron chi connectivity index (χ1n) is 15.2. The highest BCUT2D eigenvalue weighted by atomic mass is 16.7. The lowest BCUT2D eigenvalue weighted by Gasteiger charge is -2.29. The number of nitrogens with one attached hydrogen (secondary N) is 2. The Morgan fingerprint density at radius 2 is 1.59 bits per heavy atom. The molecule has 1 saturated heterocycles. The van der Waals surface area contributed by atoms with Gasteiger partial charge in [0.05, 0.1) is 13.0 Å². The Kier molecular flexibility index (Phi) is 14.1. The summed E-state index contributed by atoms with van der Waals surface area (Å²) in [4.78, 5) is 63.2. The summed E-state index contributed by atoms with van der Waals surface area (Å²) in [5, 5.41) is 13.6. The molecule has 3 unspecified atom stereocenters. The lowest BCUT2D eigenvalue weighted by Crippen LogP contribution is -2.53. The Hall–Kier alpha value is -4.87. The van der Waals surface area contributed by atoms with Gasteiger partial charge in [0.1, 0.15) is 25.2 Å². The van der Waals surface area contributed by atoms with Crippen molar-refractivity contribution in [3.8, 4) is 0 Å². The summed E-state index contributed by atoms with van der Waals surface area (Å²) in [5.74, 6) is -1.88. The number of benzene rings is 3. The summed E-state index contributed by atoms with van der Waals surface area (Å²) in [6.45, 7) is 4.93. The van der Waals surface area contributed by atoms with Gasteiger partial charge in [0.25, 0.3) is 5.91 Å². The zero-order chi connectivity index (χ0) is 33.5. The molecule has 1 fully saturated rings. The number of para-hydroxylation sites is 1. The zero-order valence-electron chi connectivity index (χ0n) is 26.3. The predicted octanol–water partition coefficient (Wildman–Crippen LogP) is 3.47. The lowest BCUT2D eigenvalue weighted by molar-refractivity contribution is -0.168. The molecule has 0 aromatic heterocycles. The number of aliphatic hydroxyl groups excluding tert-OH is 1. The van der Waals surface area contributed by atoms with Gasteiger partial charge >= 0.3 is 5.97 Å². The van der Waals surface area contributed by atoms with Gasteiger partial charge in [0.2, 0.25) is 18.1 Å². The van der Waals surface area contributed by atoms with Gasteiger partial charge in [-0.3, -0.25) is 24.0 Å².